The van der Waals surface area contributed by atoms with Gasteiger partial charge in [-0.25, -0.2) is 0 Å². The van der Waals surface area contributed by atoms with Crippen molar-refractivity contribution < 1.29 is 19.1 Å². The molecule has 0 bridgehead atoms. The van der Waals surface area contributed by atoms with Crippen LogP contribution in [0.2, 0.25) is 10.0 Å². The first-order valence-corrected chi connectivity index (χ1v) is 8.92. The first-order chi connectivity index (χ1) is 13.0. The third-order valence-electron chi connectivity index (χ3n) is 4.08. The van der Waals surface area contributed by atoms with Gasteiger partial charge in [-0.05, 0) is 46.7 Å². The van der Waals surface area contributed by atoms with Gasteiger partial charge >= 0.3 is 5.97 Å². The Labute approximate surface area is 166 Å². The van der Waals surface area contributed by atoms with Crippen LogP contribution in [0.1, 0.15) is 15.9 Å². The fourth-order valence-electron chi connectivity index (χ4n) is 2.63. The number of hydrogen-bond donors (Lipinski definition) is 0. The SMILES string of the molecule is COc1ccc2cc(C(=O)COC(=O)Cc3ccc(Cl)cc3Cl)ccc2c1. The Balaban J connectivity index is 1.63. The van der Waals surface area contributed by atoms with E-state index in [0.29, 0.717) is 21.2 Å². The molecule has 0 unspecified atom stereocenters. The van der Waals surface area contributed by atoms with Crippen molar-refractivity contribution >= 4 is 45.7 Å². The highest BCUT2D eigenvalue weighted by atomic mass is 35.5. The maximum Gasteiger partial charge on any atom is 0.310 e. The largest absolute Gasteiger partial charge is 0.497 e. The third-order valence-corrected chi connectivity index (χ3v) is 4.67. The summed E-state index contributed by atoms with van der Waals surface area (Å²) in [4.78, 5) is 24.3. The standard InChI is InChI=1S/C21H16Cl2O4/c1-26-18-7-5-13-8-16(3-2-14(13)9-18)20(24)12-27-21(25)10-15-4-6-17(22)11-19(15)23/h2-9,11H,10,12H2,1H3. The van der Waals surface area contributed by atoms with E-state index in [1.165, 1.54) is 0 Å². The number of ketones is 1. The number of methoxy groups -OCH3 is 1. The van der Waals surface area contributed by atoms with Gasteiger partial charge < -0.3 is 9.47 Å². The van der Waals surface area contributed by atoms with Crippen LogP contribution >= 0.6 is 23.2 Å². The Bertz CT molecular complexity index is 1010. The van der Waals surface area contributed by atoms with Crippen LogP contribution in [0.5, 0.6) is 5.75 Å². The van der Waals surface area contributed by atoms with E-state index in [4.69, 9.17) is 32.7 Å². The maximum absolute atomic E-state index is 12.3. The van der Waals surface area contributed by atoms with Gasteiger partial charge in [0.25, 0.3) is 0 Å². The van der Waals surface area contributed by atoms with Crippen molar-refractivity contribution in [2.45, 2.75) is 6.42 Å². The lowest BCUT2D eigenvalue weighted by atomic mass is 10.0. The second-order valence-corrected chi connectivity index (χ2v) is 6.77. The van der Waals surface area contributed by atoms with Crippen molar-refractivity contribution in [1.29, 1.82) is 0 Å². The molecule has 0 aliphatic heterocycles. The highest BCUT2D eigenvalue weighted by Gasteiger charge is 2.13. The van der Waals surface area contributed by atoms with Gasteiger partial charge in [0.2, 0.25) is 0 Å². The molecular weight excluding hydrogens is 387 g/mol. The zero-order chi connectivity index (χ0) is 19.4. The van der Waals surface area contributed by atoms with Crippen LogP contribution < -0.4 is 4.74 Å². The molecule has 0 spiro atoms. The molecule has 3 aromatic carbocycles. The third kappa shape index (κ3) is 4.79. The molecule has 27 heavy (non-hydrogen) atoms. The maximum atomic E-state index is 12.3. The summed E-state index contributed by atoms with van der Waals surface area (Å²) in [5, 5.41) is 2.73. The molecule has 138 valence electrons. The van der Waals surface area contributed by atoms with Crippen LogP contribution in [0.25, 0.3) is 10.8 Å². The van der Waals surface area contributed by atoms with E-state index in [9.17, 15) is 9.59 Å². The van der Waals surface area contributed by atoms with Crippen molar-refractivity contribution in [3.63, 3.8) is 0 Å². The molecule has 6 heteroatoms. The Morgan fingerprint density at radius 1 is 0.926 bits per heavy atom. The Morgan fingerprint density at radius 2 is 1.67 bits per heavy atom. The van der Waals surface area contributed by atoms with Gasteiger partial charge in [0.15, 0.2) is 12.4 Å². The van der Waals surface area contributed by atoms with Gasteiger partial charge in [-0.2, -0.15) is 0 Å². The van der Waals surface area contributed by atoms with E-state index < -0.39 is 5.97 Å². The molecule has 0 amide bonds. The van der Waals surface area contributed by atoms with Gasteiger partial charge in [-0.15, -0.1) is 0 Å². The average Bonchev–Trinajstić information content (AvgIpc) is 2.67. The first kappa shape index (κ1) is 19.2. The second kappa shape index (κ2) is 8.42. The minimum absolute atomic E-state index is 0.0270. The number of carbonyl (C=O) groups excluding carboxylic acids is 2. The van der Waals surface area contributed by atoms with E-state index >= 15 is 0 Å². The number of benzene rings is 3. The molecule has 0 aromatic heterocycles. The molecule has 0 N–H and O–H groups in total. The Morgan fingerprint density at radius 3 is 2.41 bits per heavy atom. The van der Waals surface area contributed by atoms with Gasteiger partial charge in [-0.3, -0.25) is 9.59 Å². The van der Waals surface area contributed by atoms with Crippen molar-refractivity contribution in [3.05, 3.63) is 75.8 Å². The molecule has 0 atom stereocenters. The number of Topliss-reactive ketones (excluding diaryl/α,β-unsaturated/α-hetero) is 1. The quantitative estimate of drug-likeness (QED) is 0.423. The van der Waals surface area contributed by atoms with E-state index in [0.717, 1.165) is 16.5 Å². The number of fused-ring (bicyclic) bond motifs is 1. The highest BCUT2D eigenvalue weighted by molar-refractivity contribution is 6.35. The molecule has 0 radical (unpaired) electrons. The molecule has 0 saturated carbocycles. The molecule has 0 aliphatic rings. The predicted octanol–water partition coefficient (Wildman–Crippen LogP) is 5.12. The van der Waals surface area contributed by atoms with Gasteiger partial charge in [0.1, 0.15) is 5.75 Å². The lowest BCUT2D eigenvalue weighted by Crippen LogP contribution is -2.15. The molecule has 0 saturated heterocycles. The minimum atomic E-state index is -0.530. The predicted molar refractivity (Wildman–Crippen MR) is 106 cm³/mol. The molecular formula is C21H16Cl2O4. The summed E-state index contributed by atoms with van der Waals surface area (Å²) in [6.07, 6.45) is -0.0270. The van der Waals surface area contributed by atoms with Crippen molar-refractivity contribution in [1.82, 2.24) is 0 Å². The molecule has 0 fully saturated rings. The zero-order valence-electron chi connectivity index (χ0n) is 14.5. The summed E-state index contributed by atoms with van der Waals surface area (Å²) < 4.78 is 10.3. The van der Waals surface area contributed by atoms with Crippen molar-refractivity contribution in [2.75, 3.05) is 13.7 Å². The Kier molecular flexibility index (Phi) is 5.99. The van der Waals surface area contributed by atoms with Crippen molar-refractivity contribution in [2.24, 2.45) is 0 Å². The number of rotatable bonds is 6. The average molecular weight is 403 g/mol. The normalized spacial score (nSPS) is 10.6. The fraction of sp³-hybridized carbons (Fsp3) is 0.143. The van der Waals surface area contributed by atoms with Gasteiger partial charge in [-0.1, -0.05) is 47.5 Å². The Hall–Kier alpha value is -2.56. The molecule has 0 aliphatic carbocycles. The number of halogens is 2. The molecule has 3 rings (SSSR count). The highest BCUT2D eigenvalue weighted by Crippen LogP contribution is 2.23. The molecule has 3 aromatic rings. The summed E-state index contributed by atoms with van der Waals surface area (Å²) in [5.41, 5.74) is 1.07. The topological polar surface area (TPSA) is 52.6 Å². The van der Waals surface area contributed by atoms with Crippen LogP contribution in [0.3, 0.4) is 0 Å². The number of hydrogen-bond acceptors (Lipinski definition) is 4. The molecule has 4 nitrogen and oxygen atoms in total. The van der Waals surface area contributed by atoms with Crippen LogP contribution in [0.4, 0.5) is 0 Å². The summed E-state index contributed by atoms with van der Waals surface area (Å²) >= 11 is 11.9. The summed E-state index contributed by atoms with van der Waals surface area (Å²) in [7, 11) is 1.60. The smallest absolute Gasteiger partial charge is 0.310 e. The number of carbonyl (C=O) groups is 2. The van der Waals surface area contributed by atoms with E-state index in [-0.39, 0.29) is 18.8 Å². The van der Waals surface area contributed by atoms with Crippen LogP contribution in [-0.4, -0.2) is 25.5 Å². The van der Waals surface area contributed by atoms with E-state index in [1.807, 2.05) is 24.3 Å². The summed E-state index contributed by atoms with van der Waals surface area (Å²) in [5.74, 6) is -0.0577. The number of esters is 1. The van der Waals surface area contributed by atoms with Crippen molar-refractivity contribution in [3.8, 4) is 5.75 Å². The number of ether oxygens (including phenoxy) is 2. The lowest BCUT2D eigenvalue weighted by molar-refractivity contribution is -0.141. The monoisotopic (exact) mass is 402 g/mol. The van der Waals surface area contributed by atoms with Crippen LogP contribution in [0, 0.1) is 0 Å². The van der Waals surface area contributed by atoms with Gasteiger partial charge in [0, 0.05) is 15.6 Å². The van der Waals surface area contributed by atoms with Crippen LogP contribution in [-0.2, 0) is 16.0 Å². The zero-order valence-corrected chi connectivity index (χ0v) is 16.0. The first-order valence-electron chi connectivity index (χ1n) is 8.17. The lowest BCUT2D eigenvalue weighted by Gasteiger charge is -2.07. The fourth-order valence-corrected chi connectivity index (χ4v) is 3.10. The summed E-state index contributed by atoms with van der Waals surface area (Å²) in [6, 6.07) is 15.7. The van der Waals surface area contributed by atoms with E-state index in [1.54, 1.807) is 37.4 Å². The van der Waals surface area contributed by atoms with E-state index in [2.05, 4.69) is 0 Å². The molecule has 0 heterocycles. The summed E-state index contributed by atoms with van der Waals surface area (Å²) in [6.45, 7) is -0.328. The van der Waals surface area contributed by atoms with Gasteiger partial charge in [0.05, 0.1) is 13.5 Å². The second-order valence-electron chi connectivity index (χ2n) is 5.92. The van der Waals surface area contributed by atoms with Crippen LogP contribution in [0.15, 0.2) is 54.6 Å². The minimum Gasteiger partial charge on any atom is -0.497 e.